The maximum absolute atomic E-state index is 13.4. The Labute approximate surface area is 249 Å². The van der Waals surface area contributed by atoms with Crippen molar-refractivity contribution in [3.8, 4) is 11.1 Å². The van der Waals surface area contributed by atoms with Gasteiger partial charge in [0.1, 0.15) is 18.7 Å². The van der Waals surface area contributed by atoms with E-state index in [0.29, 0.717) is 0 Å². The van der Waals surface area contributed by atoms with Crippen LogP contribution in [0.15, 0.2) is 109 Å². The molecule has 0 unspecified atom stereocenters. The predicted molar refractivity (Wildman–Crippen MR) is 169 cm³/mol. The highest BCUT2D eigenvalue weighted by molar-refractivity contribution is 8.22. The SMILES string of the molecule is C[C@H](NC(=O)[C@@H](CP(=S)(c1ccccc1)c1ccccc1)NC(=O)OCC1c2ccccc2-c2ccccc21)C(=O)O. The summed E-state index contributed by atoms with van der Waals surface area (Å²) in [5.41, 5.74) is 4.35. The van der Waals surface area contributed by atoms with Crippen molar-refractivity contribution in [2.75, 3.05) is 12.8 Å². The van der Waals surface area contributed by atoms with Crippen LogP contribution < -0.4 is 21.2 Å². The van der Waals surface area contributed by atoms with Gasteiger partial charge >= 0.3 is 12.1 Å². The standard InChI is InChI=1S/C33H31N2O5PS/c1-22(32(37)38)34-31(36)30(21-41(42,23-12-4-2-5-13-23)24-14-6-3-7-15-24)35-33(39)40-20-29-27-18-10-8-16-25(27)26-17-9-11-19-28(26)29/h2-19,22,29-30H,20-21H2,1H3,(H,34,36)(H,35,39)(H,37,38)/t22-,30+/m0/s1. The van der Waals surface area contributed by atoms with Crippen LogP contribution in [-0.4, -0.2) is 47.9 Å². The van der Waals surface area contributed by atoms with Gasteiger partial charge < -0.3 is 20.5 Å². The van der Waals surface area contributed by atoms with Gasteiger partial charge in [0, 0.05) is 18.1 Å². The van der Waals surface area contributed by atoms with E-state index < -0.39 is 36.1 Å². The van der Waals surface area contributed by atoms with Crippen LogP contribution in [0.3, 0.4) is 0 Å². The number of aliphatic carboxylic acids is 1. The summed E-state index contributed by atoms with van der Waals surface area (Å²) < 4.78 is 5.73. The third-order valence-corrected chi connectivity index (χ3v) is 12.3. The molecule has 2 atom stereocenters. The highest BCUT2D eigenvalue weighted by Crippen LogP contribution is 2.45. The second-order valence-electron chi connectivity index (χ2n) is 10.2. The minimum absolute atomic E-state index is 0.0747. The van der Waals surface area contributed by atoms with Gasteiger partial charge in [0.15, 0.2) is 0 Å². The summed E-state index contributed by atoms with van der Waals surface area (Å²) >= 11 is 6.31. The molecule has 3 N–H and O–H groups in total. The molecule has 0 fully saturated rings. The lowest BCUT2D eigenvalue weighted by atomic mass is 9.98. The van der Waals surface area contributed by atoms with Crippen LogP contribution in [0.4, 0.5) is 4.79 Å². The van der Waals surface area contributed by atoms with E-state index in [1.54, 1.807) is 0 Å². The maximum Gasteiger partial charge on any atom is 0.407 e. The average Bonchev–Trinajstić information content (AvgIpc) is 3.34. The first-order valence-corrected chi connectivity index (χ1v) is 16.6. The third kappa shape index (κ3) is 6.15. The van der Waals surface area contributed by atoms with E-state index in [1.807, 2.05) is 97.1 Å². The summed E-state index contributed by atoms with van der Waals surface area (Å²) in [6.45, 7) is 1.44. The van der Waals surface area contributed by atoms with E-state index in [1.165, 1.54) is 6.92 Å². The molecule has 4 aromatic rings. The molecule has 0 saturated carbocycles. The van der Waals surface area contributed by atoms with Gasteiger partial charge in [-0.15, -0.1) is 0 Å². The molecule has 7 nitrogen and oxygen atoms in total. The number of hydrogen-bond donors (Lipinski definition) is 3. The molecule has 0 aromatic heterocycles. The lowest BCUT2D eigenvalue weighted by Gasteiger charge is -2.29. The van der Waals surface area contributed by atoms with E-state index in [0.717, 1.165) is 32.9 Å². The van der Waals surface area contributed by atoms with Crippen molar-refractivity contribution < 1.29 is 24.2 Å². The first kappa shape index (κ1) is 29.2. The Balaban J connectivity index is 1.40. The molecule has 1 aliphatic carbocycles. The minimum Gasteiger partial charge on any atom is -0.480 e. The minimum atomic E-state index is -2.63. The lowest BCUT2D eigenvalue weighted by Crippen LogP contribution is -2.53. The number of fused-ring (bicyclic) bond motifs is 3. The van der Waals surface area contributed by atoms with E-state index >= 15 is 0 Å². The molecule has 0 heterocycles. The summed E-state index contributed by atoms with van der Waals surface area (Å²) in [4.78, 5) is 38.2. The van der Waals surface area contributed by atoms with Crippen molar-refractivity contribution in [3.05, 3.63) is 120 Å². The van der Waals surface area contributed by atoms with Crippen molar-refractivity contribution in [2.45, 2.75) is 24.9 Å². The zero-order valence-corrected chi connectivity index (χ0v) is 24.7. The predicted octanol–water partition coefficient (Wildman–Crippen LogP) is 4.61. The van der Waals surface area contributed by atoms with Crippen LogP contribution in [-0.2, 0) is 26.1 Å². The number of ether oxygens (including phenoxy) is 1. The third-order valence-electron chi connectivity index (χ3n) is 7.47. The molecule has 0 bridgehead atoms. The van der Waals surface area contributed by atoms with Crippen molar-refractivity contribution in [1.29, 1.82) is 0 Å². The number of benzene rings is 4. The Bertz CT molecular complexity index is 1560. The fourth-order valence-corrected chi connectivity index (χ4v) is 9.28. The fraction of sp³-hybridized carbons (Fsp3) is 0.182. The fourth-order valence-electron chi connectivity index (χ4n) is 5.31. The van der Waals surface area contributed by atoms with Crippen molar-refractivity contribution in [1.82, 2.24) is 10.6 Å². The summed E-state index contributed by atoms with van der Waals surface area (Å²) in [7, 11) is 0. The number of alkyl carbamates (subject to hydrolysis) is 1. The van der Waals surface area contributed by atoms with E-state index in [4.69, 9.17) is 16.5 Å². The smallest absolute Gasteiger partial charge is 0.407 e. The molecule has 42 heavy (non-hydrogen) atoms. The van der Waals surface area contributed by atoms with Crippen LogP contribution in [0.1, 0.15) is 24.0 Å². The topological polar surface area (TPSA) is 105 Å². The van der Waals surface area contributed by atoms with Gasteiger partial charge in [0.2, 0.25) is 5.91 Å². The molecule has 1 aliphatic rings. The van der Waals surface area contributed by atoms with Crippen molar-refractivity contribution >= 4 is 46.4 Å². The maximum atomic E-state index is 13.4. The largest absolute Gasteiger partial charge is 0.480 e. The van der Waals surface area contributed by atoms with Crippen LogP contribution >= 0.6 is 6.04 Å². The molecule has 0 spiro atoms. The van der Waals surface area contributed by atoms with Gasteiger partial charge in [0.05, 0.1) is 0 Å². The van der Waals surface area contributed by atoms with Gasteiger partial charge in [-0.2, -0.15) is 0 Å². The highest BCUT2D eigenvalue weighted by atomic mass is 32.4. The first-order valence-electron chi connectivity index (χ1n) is 13.6. The number of amides is 2. The molecule has 214 valence electrons. The summed E-state index contributed by atoms with van der Waals surface area (Å²) in [6.07, 6.45) is -0.679. The molecular weight excluding hydrogens is 567 g/mol. The van der Waals surface area contributed by atoms with Crippen LogP contribution in [0, 0.1) is 0 Å². The van der Waals surface area contributed by atoms with Gasteiger partial charge in [-0.25, -0.2) is 4.79 Å². The number of carbonyl (C=O) groups is 3. The summed E-state index contributed by atoms with van der Waals surface area (Å²) in [6, 6.07) is 30.2. The summed E-state index contributed by atoms with van der Waals surface area (Å²) in [5.74, 6) is -1.98. The zero-order chi connectivity index (χ0) is 29.7. The van der Waals surface area contributed by atoms with Crippen LogP contribution in [0.25, 0.3) is 11.1 Å². The van der Waals surface area contributed by atoms with Gasteiger partial charge in [0.25, 0.3) is 0 Å². The molecule has 0 aliphatic heterocycles. The second kappa shape index (κ2) is 12.7. The Morgan fingerprint density at radius 3 is 1.76 bits per heavy atom. The normalized spacial score (nSPS) is 13.7. The quantitative estimate of drug-likeness (QED) is 0.230. The molecule has 2 amide bonds. The van der Waals surface area contributed by atoms with Crippen molar-refractivity contribution in [2.24, 2.45) is 0 Å². The number of hydrogen-bond acceptors (Lipinski definition) is 5. The van der Waals surface area contributed by atoms with E-state index in [-0.39, 0.29) is 18.7 Å². The molecule has 0 saturated heterocycles. The highest BCUT2D eigenvalue weighted by Gasteiger charge is 2.34. The monoisotopic (exact) mass is 598 g/mol. The van der Waals surface area contributed by atoms with Crippen LogP contribution in [0.5, 0.6) is 0 Å². The molecular formula is C33H31N2O5PS. The number of carbonyl (C=O) groups excluding carboxylic acids is 2. The number of nitrogens with one attached hydrogen (secondary N) is 2. The van der Waals surface area contributed by atoms with Gasteiger partial charge in [-0.1, -0.05) is 121 Å². The Morgan fingerprint density at radius 2 is 1.26 bits per heavy atom. The second-order valence-corrected chi connectivity index (χ2v) is 14.9. The molecule has 0 radical (unpaired) electrons. The van der Waals surface area contributed by atoms with E-state index in [9.17, 15) is 19.5 Å². The number of rotatable bonds is 10. The van der Waals surface area contributed by atoms with Gasteiger partial charge in [-0.3, -0.25) is 9.59 Å². The Morgan fingerprint density at radius 1 is 0.786 bits per heavy atom. The molecule has 4 aromatic carbocycles. The average molecular weight is 599 g/mol. The Hall–Kier alpha value is -4.26. The van der Waals surface area contributed by atoms with Crippen molar-refractivity contribution in [3.63, 3.8) is 0 Å². The Kier molecular flexibility index (Phi) is 8.86. The molecule has 5 rings (SSSR count). The number of carboxylic acid groups (broad SMARTS) is 1. The zero-order valence-electron chi connectivity index (χ0n) is 23.0. The molecule has 9 heteroatoms. The summed E-state index contributed by atoms with van der Waals surface area (Å²) in [5, 5.41) is 16.4. The lowest BCUT2D eigenvalue weighted by molar-refractivity contribution is -0.141. The first-order chi connectivity index (χ1) is 20.3. The van der Waals surface area contributed by atoms with Crippen LogP contribution in [0.2, 0.25) is 0 Å². The van der Waals surface area contributed by atoms with Gasteiger partial charge in [-0.05, 0) is 39.8 Å². The van der Waals surface area contributed by atoms with E-state index in [2.05, 4.69) is 22.8 Å². The number of carboxylic acids is 1.